The van der Waals surface area contributed by atoms with Crippen molar-refractivity contribution in [1.29, 1.82) is 0 Å². The van der Waals surface area contributed by atoms with E-state index in [9.17, 15) is 0 Å². The highest BCUT2D eigenvalue weighted by atomic mass is 127. The van der Waals surface area contributed by atoms with Crippen molar-refractivity contribution in [2.24, 2.45) is 4.99 Å². The third-order valence-corrected chi connectivity index (χ3v) is 3.77. The van der Waals surface area contributed by atoms with E-state index in [0.29, 0.717) is 19.8 Å². The van der Waals surface area contributed by atoms with E-state index in [2.05, 4.69) is 50.5 Å². The Morgan fingerprint density at radius 3 is 2.32 bits per heavy atom. The zero-order chi connectivity index (χ0) is 17.8. The second kappa shape index (κ2) is 14.3. The lowest BCUT2D eigenvalue weighted by atomic mass is 10.00. The maximum Gasteiger partial charge on any atom is 0.191 e. The molecule has 0 atom stereocenters. The molecule has 2 N–H and O–H groups in total. The van der Waals surface area contributed by atoms with Gasteiger partial charge in [0.15, 0.2) is 5.96 Å². The third kappa shape index (κ3) is 10.0. The van der Waals surface area contributed by atoms with Gasteiger partial charge in [0.25, 0.3) is 0 Å². The number of aryl methyl sites for hydroxylation is 3. The van der Waals surface area contributed by atoms with Crippen molar-refractivity contribution in [3.05, 3.63) is 34.4 Å². The Kier molecular flexibility index (Phi) is 13.8. The highest BCUT2D eigenvalue weighted by Crippen LogP contribution is 2.17. The van der Waals surface area contributed by atoms with E-state index in [0.717, 1.165) is 32.1 Å². The quantitative estimate of drug-likeness (QED) is 0.242. The summed E-state index contributed by atoms with van der Waals surface area (Å²) in [6.07, 6.45) is 0.941. The highest BCUT2D eigenvalue weighted by Gasteiger charge is 2.04. The summed E-state index contributed by atoms with van der Waals surface area (Å²) in [5, 5.41) is 6.65. The molecule has 0 aromatic heterocycles. The number of nitrogens with zero attached hydrogens (tertiary/aromatic N) is 1. The summed E-state index contributed by atoms with van der Waals surface area (Å²) >= 11 is 0. The summed E-state index contributed by atoms with van der Waals surface area (Å²) in [5.41, 5.74) is 5.22. The number of guanidine groups is 1. The molecule has 5 nitrogen and oxygen atoms in total. The Balaban J connectivity index is 0.00000576. The molecule has 6 heteroatoms. The van der Waals surface area contributed by atoms with E-state index in [1.54, 1.807) is 7.11 Å². The first-order valence-electron chi connectivity index (χ1n) is 8.74. The maximum absolute atomic E-state index is 5.46. The molecule has 0 saturated heterocycles. The van der Waals surface area contributed by atoms with E-state index in [4.69, 9.17) is 14.5 Å². The fourth-order valence-electron chi connectivity index (χ4n) is 2.58. The van der Waals surface area contributed by atoms with E-state index in [-0.39, 0.29) is 24.0 Å². The van der Waals surface area contributed by atoms with Crippen LogP contribution in [-0.2, 0) is 16.0 Å². The van der Waals surface area contributed by atoms with Crippen LogP contribution in [0.25, 0.3) is 0 Å². The average Bonchev–Trinajstić information content (AvgIpc) is 2.52. The fraction of sp³-hybridized carbons (Fsp3) is 0.632. The van der Waals surface area contributed by atoms with Crippen molar-refractivity contribution in [2.75, 3.05) is 40.0 Å². The number of nitrogens with one attached hydrogen (secondary N) is 2. The van der Waals surface area contributed by atoms with E-state index in [1.807, 2.05) is 0 Å². The molecule has 0 spiro atoms. The SMILES string of the molecule is CCNC(=NCc1c(C)cc(C)cc1C)NCCCOCCOC.I. The summed E-state index contributed by atoms with van der Waals surface area (Å²) in [6.45, 7) is 12.9. The number of rotatable bonds is 10. The lowest BCUT2D eigenvalue weighted by Gasteiger charge is -2.13. The zero-order valence-corrected chi connectivity index (χ0v) is 18.6. The molecule has 0 aliphatic rings. The minimum Gasteiger partial charge on any atom is -0.382 e. The van der Waals surface area contributed by atoms with E-state index < -0.39 is 0 Å². The van der Waals surface area contributed by atoms with Gasteiger partial charge in [-0.1, -0.05) is 17.7 Å². The Hall–Kier alpha value is -0.860. The van der Waals surface area contributed by atoms with Crippen LogP contribution in [0.1, 0.15) is 35.6 Å². The predicted octanol–water partition coefficient (Wildman–Crippen LogP) is 3.34. The Labute approximate surface area is 170 Å². The first-order chi connectivity index (χ1) is 11.6. The number of halogens is 1. The molecule has 0 fully saturated rings. The number of benzene rings is 1. The largest absolute Gasteiger partial charge is 0.382 e. The van der Waals surface area contributed by atoms with Gasteiger partial charge in [0.2, 0.25) is 0 Å². The Morgan fingerprint density at radius 2 is 1.72 bits per heavy atom. The fourth-order valence-corrected chi connectivity index (χ4v) is 2.58. The number of hydrogen-bond acceptors (Lipinski definition) is 3. The van der Waals surface area contributed by atoms with Crippen molar-refractivity contribution >= 4 is 29.9 Å². The molecule has 0 heterocycles. The number of aliphatic imine (C=N–C) groups is 1. The van der Waals surface area contributed by atoms with Crippen LogP contribution in [0, 0.1) is 20.8 Å². The Morgan fingerprint density at radius 1 is 1.04 bits per heavy atom. The molecule has 0 unspecified atom stereocenters. The molecule has 0 amide bonds. The van der Waals surface area contributed by atoms with Crippen LogP contribution in [0.4, 0.5) is 0 Å². The van der Waals surface area contributed by atoms with Gasteiger partial charge in [0.05, 0.1) is 19.8 Å². The molecule has 0 saturated carbocycles. The third-order valence-electron chi connectivity index (χ3n) is 3.77. The van der Waals surface area contributed by atoms with E-state index >= 15 is 0 Å². The number of methoxy groups -OCH3 is 1. The highest BCUT2D eigenvalue weighted by molar-refractivity contribution is 14.0. The summed E-state index contributed by atoms with van der Waals surface area (Å²) < 4.78 is 10.4. The van der Waals surface area contributed by atoms with Crippen molar-refractivity contribution in [2.45, 2.75) is 40.7 Å². The molecule has 1 rings (SSSR count). The number of hydrogen-bond donors (Lipinski definition) is 2. The zero-order valence-electron chi connectivity index (χ0n) is 16.3. The molecule has 144 valence electrons. The average molecular weight is 463 g/mol. The molecule has 1 aromatic carbocycles. The minimum atomic E-state index is 0. The molecule has 1 aromatic rings. The number of ether oxygens (including phenoxy) is 2. The summed E-state index contributed by atoms with van der Waals surface area (Å²) in [5.74, 6) is 0.855. The van der Waals surface area contributed by atoms with Gasteiger partial charge in [-0.15, -0.1) is 24.0 Å². The van der Waals surface area contributed by atoms with Crippen LogP contribution < -0.4 is 10.6 Å². The topological polar surface area (TPSA) is 54.9 Å². The molecular weight excluding hydrogens is 429 g/mol. The van der Waals surface area contributed by atoms with Crippen LogP contribution in [0.2, 0.25) is 0 Å². The normalized spacial score (nSPS) is 11.2. The molecule has 0 aliphatic carbocycles. The van der Waals surface area contributed by atoms with Gasteiger partial charge in [-0.05, 0) is 50.8 Å². The van der Waals surface area contributed by atoms with Crippen molar-refractivity contribution in [3.8, 4) is 0 Å². The first kappa shape index (κ1) is 24.1. The maximum atomic E-state index is 5.46. The molecule has 25 heavy (non-hydrogen) atoms. The van der Waals surface area contributed by atoms with Gasteiger partial charge in [-0.3, -0.25) is 0 Å². The second-order valence-electron chi connectivity index (χ2n) is 5.96. The van der Waals surface area contributed by atoms with Crippen LogP contribution >= 0.6 is 24.0 Å². The molecule has 0 bridgehead atoms. The second-order valence-corrected chi connectivity index (χ2v) is 5.96. The minimum absolute atomic E-state index is 0. The monoisotopic (exact) mass is 463 g/mol. The first-order valence-corrected chi connectivity index (χ1v) is 8.74. The summed E-state index contributed by atoms with van der Waals surface area (Å²) in [6, 6.07) is 4.44. The van der Waals surface area contributed by atoms with Crippen LogP contribution in [0.5, 0.6) is 0 Å². The van der Waals surface area contributed by atoms with Crippen LogP contribution in [-0.4, -0.2) is 46.0 Å². The van der Waals surface area contributed by atoms with Gasteiger partial charge in [0, 0.05) is 26.8 Å². The molecule has 0 aliphatic heterocycles. The molecule has 0 radical (unpaired) electrons. The van der Waals surface area contributed by atoms with Gasteiger partial charge >= 0.3 is 0 Å². The van der Waals surface area contributed by atoms with Crippen molar-refractivity contribution < 1.29 is 9.47 Å². The summed E-state index contributed by atoms with van der Waals surface area (Å²) in [4.78, 5) is 4.72. The van der Waals surface area contributed by atoms with Gasteiger partial charge in [0.1, 0.15) is 0 Å². The van der Waals surface area contributed by atoms with E-state index in [1.165, 1.54) is 22.3 Å². The van der Waals surface area contributed by atoms with Gasteiger partial charge in [-0.25, -0.2) is 4.99 Å². The molecular formula is C19H34IN3O2. The van der Waals surface area contributed by atoms with Gasteiger partial charge < -0.3 is 20.1 Å². The summed E-state index contributed by atoms with van der Waals surface area (Å²) in [7, 11) is 1.68. The van der Waals surface area contributed by atoms with Gasteiger partial charge in [-0.2, -0.15) is 0 Å². The lowest BCUT2D eigenvalue weighted by molar-refractivity contribution is 0.0698. The van der Waals surface area contributed by atoms with Crippen molar-refractivity contribution in [3.63, 3.8) is 0 Å². The predicted molar refractivity (Wildman–Crippen MR) is 116 cm³/mol. The van der Waals surface area contributed by atoms with Crippen LogP contribution in [0.15, 0.2) is 17.1 Å². The van der Waals surface area contributed by atoms with Crippen LogP contribution in [0.3, 0.4) is 0 Å². The van der Waals surface area contributed by atoms with Crippen molar-refractivity contribution in [1.82, 2.24) is 10.6 Å². The standard InChI is InChI=1S/C19H33N3O2.HI/c1-6-20-19(21-8-7-9-24-11-10-23-5)22-14-18-16(3)12-15(2)13-17(18)4;/h12-13H,6-11,14H2,1-5H3,(H2,20,21,22);1H. The smallest absolute Gasteiger partial charge is 0.191 e. The lowest BCUT2D eigenvalue weighted by Crippen LogP contribution is -2.38. The Bertz CT molecular complexity index is 498.